The second-order valence-electron chi connectivity index (χ2n) is 8.21. The highest BCUT2D eigenvalue weighted by Gasteiger charge is 2.32. The molecule has 4 aromatic rings. The van der Waals surface area contributed by atoms with Crippen LogP contribution in [0.15, 0.2) is 72.8 Å². The van der Waals surface area contributed by atoms with Crippen molar-refractivity contribution in [2.75, 3.05) is 11.9 Å². The minimum Gasteiger partial charge on any atom is -0.491 e. The highest BCUT2D eigenvalue weighted by atomic mass is 19.4. The molecule has 0 saturated heterocycles. The van der Waals surface area contributed by atoms with Gasteiger partial charge < -0.3 is 19.9 Å². The molecule has 10 heteroatoms. The lowest BCUT2D eigenvalue weighted by molar-refractivity contribution is -0.138. The van der Waals surface area contributed by atoms with Crippen molar-refractivity contribution >= 4 is 11.6 Å². The minimum absolute atomic E-state index is 0.00526. The fourth-order valence-electron chi connectivity index (χ4n) is 4.10. The number of ether oxygens (including phenoxy) is 1. The monoisotopic (exact) mass is 493 g/mol. The summed E-state index contributed by atoms with van der Waals surface area (Å²) in [7, 11) is 0. The Morgan fingerprint density at radius 3 is 2.64 bits per heavy atom. The molecule has 0 bridgehead atoms. The molecule has 36 heavy (non-hydrogen) atoms. The van der Waals surface area contributed by atoms with Gasteiger partial charge in [-0.25, -0.2) is 0 Å². The molecule has 1 aromatic heterocycles. The van der Waals surface area contributed by atoms with Gasteiger partial charge >= 0.3 is 6.18 Å². The zero-order valence-corrected chi connectivity index (χ0v) is 19.0. The molecular formula is C26H22F3N5O2. The Morgan fingerprint density at radius 1 is 0.972 bits per heavy atom. The fourth-order valence-corrected chi connectivity index (χ4v) is 4.10. The predicted molar refractivity (Wildman–Crippen MR) is 127 cm³/mol. The van der Waals surface area contributed by atoms with Gasteiger partial charge in [-0.1, -0.05) is 36.4 Å². The summed E-state index contributed by atoms with van der Waals surface area (Å²) in [5, 5.41) is 14.5. The molecule has 5 rings (SSSR count). The highest BCUT2D eigenvalue weighted by Crippen LogP contribution is 2.32. The Hall–Kier alpha value is -4.34. The van der Waals surface area contributed by atoms with Crippen LogP contribution < -0.4 is 15.4 Å². The van der Waals surface area contributed by atoms with Crippen molar-refractivity contribution in [2.45, 2.75) is 25.8 Å². The van der Waals surface area contributed by atoms with Crippen LogP contribution in [0.5, 0.6) is 5.75 Å². The molecule has 7 nitrogen and oxygen atoms in total. The standard InChI is InChI=1S/C26H22F3N5O2/c27-26(28,29)21-10-3-1-6-18(21)15-31-25(35)17-7-5-8-19(14-17)30-16-23-32-33-24-20-9-2-4-11-22(20)36-13-12-34(23)24/h1-11,14,30H,12-13,15-16H2,(H,31,35). The number of alkyl halides is 3. The molecule has 0 radical (unpaired) electrons. The van der Waals surface area contributed by atoms with Gasteiger partial charge in [-0.15, -0.1) is 10.2 Å². The first-order valence-electron chi connectivity index (χ1n) is 11.3. The molecule has 0 unspecified atom stereocenters. The summed E-state index contributed by atoms with van der Waals surface area (Å²) in [5.41, 5.74) is 1.11. The van der Waals surface area contributed by atoms with E-state index in [1.54, 1.807) is 24.3 Å². The number of nitrogens with zero attached hydrogens (tertiary/aromatic N) is 3. The predicted octanol–water partition coefficient (Wildman–Crippen LogP) is 4.90. The number of halogens is 3. The molecule has 0 spiro atoms. The van der Waals surface area contributed by atoms with Crippen molar-refractivity contribution in [3.63, 3.8) is 0 Å². The van der Waals surface area contributed by atoms with Crippen LogP contribution in [0.2, 0.25) is 0 Å². The maximum Gasteiger partial charge on any atom is 0.416 e. The Bertz CT molecular complexity index is 1400. The Morgan fingerprint density at radius 2 is 1.78 bits per heavy atom. The Labute approximate surface area is 204 Å². The number of benzene rings is 3. The number of anilines is 1. The second-order valence-corrected chi connectivity index (χ2v) is 8.21. The van der Waals surface area contributed by atoms with Crippen LogP contribution in [-0.4, -0.2) is 27.3 Å². The fraction of sp³-hybridized carbons (Fsp3) is 0.192. The van der Waals surface area contributed by atoms with Crippen molar-refractivity contribution in [3.05, 3.63) is 95.3 Å². The molecule has 1 aliphatic rings. The van der Waals surface area contributed by atoms with Crippen LogP contribution in [0.25, 0.3) is 11.4 Å². The molecule has 184 valence electrons. The van der Waals surface area contributed by atoms with Crippen LogP contribution in [0, 0.1) is 0 Å². The van der Waals surface area contributed by atoms with Gasteiger partial charge in [-0.2, -0.15) is 13.2 Å². The Balaban J connectivity index is 1.26. The van der Waals surface area contributed by atoms with Crippen molar-refractivity contribution in [1.82, 2.24) is 20.1 Å². The zero-order valence-electron chi connectivity index (χ0n) is 19.0. The van der Waals surface area contributed by atoms with Gasteiger partial charge in [-0.3, -0.25) is 4.79 Å². The van der Waals surface area contributed by atoms with Crippen LogP contribution in [0.3, 0.4) is 0 Å². The van der Waals surface area contributed by atoms with Crippen molar-refractivity contribution in [3.8, 4) is 17.1 Å². The van der Waals surface area contributed by atoms with Crippen LogP contribution in [0.1, 0.15) is 27.3 Å². The quantitative estimate of drug-likeness (QED) is 0.400. The van der Waals surface area contributed by atoms with Crippen LogP contribution in [0.4, 0.5) is 18.9 Å². The first kappa shape index (κ1) is 23.4. The van der Waals surface area contributed by atoms with Crippen molar-refractivity contribution < 1.29 is 22.7 Å². The Kier molecular flexibility index (Phi) is 6.32. The van der Waals surface area contributed by atoms with E-state index in [1.807, 2.05) is 28.8 Å². The van der Waals surface area contributed by atoms with E-state index in [9.17, 15) is 18.0 Å². The van der Waals surface area contributed by atoms with Crippen LogP contribution in [-0.2, 0) is 25.8 Å². The number of aromatic nitrogens is 3. The summed E-state index contributed by atoms with van der Waals surface area (Å²) < 4.78 is 47.4. The number of para-hydroxylation sites is 1. The lowest BCUT2D eigenvalue weighted by Gasteiger charge is -2.13. The summed E-state index contributed by atoms with van der Waals surface area (Å²) in [6.07, 6.45) is -4.49. The molecule has 0 saturated carbocycles. The van der Waals surface area contributed by atoms with E-state index in [-0.39, 0.29) is 12.1 Å². The average Bonchev–Trinajstić information content (AvgIpc) is 3.19. The second kappa shape index (κ2) is 9.73. The zero-order chi connectivity index (χ0) is 25.1. The maximum absolute atomic E-state index is 13.2. The molecule has 1 amide bonds. The SMILES string of the molecule is O=C(NCc1ccccc1C(F)(F)F)c1cccc(NCc2nnc3n2CCOc2ccccc2-3)c1. The number of rotatable bonds is 6. The van der Waals surface area contributed by atoms with E-state index in [1.165, 1.54) is 18.2 Å². The van der Waals surface area contributed by atoms with Gasteiger partial charge in [0.05, 0.1) is 24.2 Å². The van der Waals surface area contributed by atoms with Gasteiger partial charge in [0.15, 0.2) is 11.6 Å². The number of hydrogen-bond acceptors (Lipinski definition) is 5. The van der Waals surface area contributed by atoms with Gasteiger partial charge in [0, 0.05) is 17.8 Å². The van der Waals surface area contributed by atoms with Gasteiger partial charge in [0.25, 0.3) is 5.91 Å². The summed E-state index contributed by atoms with van der Waals surface area (Å²) in [4.78, 5) is 12.7. The lowest BCUT2D eigenvalue weighted by atomic mass is 10.1. The number of hydrogen-bond donors (Lipinski definition) is 2. The average molecular weight is 493 g/mol. The largest absolute Gasteiger partial charge is 0.491 e. The molecule has 2 heterocycles. The first-order valence-corrected chi connectivity index (χ1v) is 11.3. The van der Waals surface area contributed by atoms with E-state index >= 15 is 0 Å². The summed E-state index contributed by atoms with van der Waals surface area (Å²) in [6.45, 7) is 1.21. The van der Waals surface area contributed by atoms with Gasteiger partial charge in [0.2, 0.25) is 0 Å². The topological polar surface area (TPSA) is 81.1 Å². The number of amides is 1. The van der Waals surface area contributed by atoms with E-state index < -0.39 is 17.6 Å². The third-order valence-electron chi connectivity index (χ3n) is 5.87. The summed E-state index contributed by atoms with van der Waals surface area (Å²) in [5.74, 6) is 1.73. The van der Waals surface area contributed by atoms with E-state index in [2.05, 4.69) is 20.8 Å². The van der Waals surface area contributed by atoms with E-state index in [4.69, 9.17) is 4.74 Å². The lowest BCUT2D eigenvalue weighted by Crippen LogP contribution is -2.24. The maximum atomic E-state index is 13.2. The van der Waals surface area contributed by atoms with Crippen molar-refractivity contribution in [2.24, 2.45) is 0 Å². The third kappa shape index (κ3) is 4.88. The number of nitrogens with one attached hydrogen (secondary N) is 2. The van der Waals surface area contributed by atoms with E-state index in [0.29, 0.717) is 36.8 Å². The van der Waals surface area contributed by atoms with Gasteiger partial charge in [0.1, 0.15) is 12.4 Å². The molecule has 0 aliphatic carbocycles. The summed E-state index contributed by atoms with van der Waals surface area (Å²) >= 11 is 0. The molecule has 3 aromatic carbocycles. The third-order valence-corrected chi connectivity index (χ3v) is 5.87. The molecule has 0 fully saturated rings. The molecule has 0 atom stereocenters. The number of carbonyl (C=O) groups excluding carboxylic acids is 1. The van der Waals surface area contributed by atoms with Gasteiger partial charge in [-0.05, 0) is 42.0 Å². The molecular weight excluding hydrogens is 471 g/mol. The van der Waals surface area contributed by atoms with Crippen LogP contribution >= 0.6 is 0 Å². The molecule has 1 aliphatic heterocycles. The number of fused-ring (bicyclic) bond motifs is 3. The van der Waals surface area contributed by atoms with Crippen molar-refractivity contribution in [1.29, 1.82) is 0 Å². The highest BCUT2D eigenvalue weighted by molar-refractivity contribution is 5.95. The molecule has 2 N–H and O–H groups in total. The summed E-state index contributed by atoms with van der Waals surface area (Å²) in [6, 6.07) is 19.6. The number of carbonyl (C=O) groups is 1. The minimum atomic E-state index is -4.49. The van der Waals surface area contributed by atoms with E-state index in [0.717, 1.165) is 23.2 Å². The first-order chi connectivity index (χ1) is 17.4. The smallest absolute Gasteiger partial charge is 0.416 e. The normalized spacial score (nSPS) is 12.6.